The topological polar surface area (TPSA) is 66.9 Å². The molecule has 2 N–H and O–H groups in total. The van der Waals surface area contributed by atoms with Gasteiger partial charge in [-0.15, -0.1) is 10.2 Å². The number of hydrogen-bond donors (Lipinski definition) is 2. The Bertz CT molecular complexity index is 633. The lowest BCUT2D eigenvalue weighted by molar-refractivity contribution is 0.102. The van der Waals surface area contributed by atoms with Gasteiger partial charge in [0, 0.05) is 16.7 Å². The molecule has 2 rings (SSSR count). The Morgan fingerprint density at radius 3 is 2.71 bits per heavy atom. The first-order chi connectivity index (χ1) is 10.1. The van der Waals surface area contributed by atoms with Gasteiger partial charge in [-0.25, -0.2) is 0 Å². The molecule has 0 aliphatic carbocycles. The predicted molar refractivity (Wildman–Crippen MR) is 87.9 cm³/mol. The van der Waals surface area contributed by atoms with Gasteiger partial charge in [0.1, 0.15) is 5.82 Å². The van der Waals surface area contributed by atoms with Gasteiger partial charge in [-0.05, 0) is 52.7 Å². The second-order valence-corrected chi connectivity index (χ2v) is 5.58. The van der Waals surface area contributed by atoms with Crippen LogP contribution < -0.4 is 10.6 Å². The van der Waals surface area contributed by atoms with Crippen molar-refractivity contribution >= 4 is 44.9 Å². The molecule has 0 saturated heterocycles. The molecule has 1 amide bonds. The Kier molecular flexibility index (Phi) is 5.52. The molecule has 0 aliphatic rings. The number of benzene rings is 1. The van der Waals surface area contributed by atoms with E-state index in [2.05, 4.69) is 43.7 Å². The van der Waals surface area contributed by atoms with Crippen LogP contribution in [-0.2, 0) is 0 Å². The van der Waals surface area contributed by atoms with Crippen molar-refractivity contribution < 1.29 is 4.79 Å². The first-order valence-corrected chi connectivity index (χ1v) is 7.61. The van der Waals surface area contributed by atoms with Crippen molar-refractivity contribution in [2.24, 2.45) is 0 Å². The highest BCUT2D eigenvalue weighted by Gasteiger charge is 2.09. The van der Waals surface area contributed by atoms with E-state index >= 15 is 0 Å². The number of aromatic nitrogens is 2. The van der Waals surface area contributed by atoms with Crippen LogP contribution in [0.25, 0.3) is 0 Å². The number of anilines is 2. The maximum atomic E-state index is 12.0. The summed E-state index contributed by atoms with van der Waals surface area (Å²) in [5, 5.41) is 14.2. The van der Waals surface area contributed by atoms with E-state index in [1.807, 2.05) is 0 Å². The Morgan fingerprint density at radius 2 is 2.10 bits per heavy atom. The van der Waals surface area contributed by atoms with Crippen LogP contribution in [0, 0.1) is 0 Å². The second kappa shape index (κ2) is 7.38. The van der Waals surface area contributed by atoms with Crippen LogP contribution in [0.15, 0.2) is 34.8 Å². The van der Waals surface area contributed by atoms with Gasteiger partial charge in [0.15, 0.2) is 5.69 Å². The Hall–Kier alpha value is -1.66. The minimum absolute atomic E-state index is 0.246. The summed E-state index contributed by atoms with van der Waals surface area (Å²) < 4.78 is 0.772. The molecule has 21 heavy (non-hydrogen) atoms. The van der Waals surface area contributed by atoms with Gasteiger partial charge in [-0.2, -0.15) is 0 Å². The Morgan fingerprint density at radius 1 is 1.29 bits per heavy atom. The lowest BCUT2D eigenvalue weighted by Gasteiger charge is -2.06. The predicted octanol–water partition coefficient (Wildman–Crippen LogP) is 3.97. The summed E-state index contributed by atoms with van der Waals surface area (Å²) in [7, 11) is 0. The first-order valence-electron chi connectivity index (χ1n) is 6.44. The lowest BCUT2D eigenvalue weighted by Crippen LogP contribution is -2.15. The third-order valence-electron chi connectivity index (χ3n) is 2.63. The molecule has 0 aliphatic heterocycles. The maximum absolute atomic E-state index is 12.0. The summed E-state index contributed by atoms with van der Waals surface area (Å²) in [6.07, 6.45) is 0.994. The van der Waals surface area contributed by atoms with Gasteiger partial charge >= 0.3 is 0 Å². The van der Waals surface area contributed by atoms with Crippen LogP contribution in [0.5, 0.6) is 0 Å². The lowest BCUT2D eigenvalue weighted by atomic mass is 10.3. The highest BCUT2D eigenvalue weighted by molar-refractivity contribution is 9.10. The number of carbonyl (C=O) groups excluding carboxylic acids is 1. The molecule has 0 saturated carbocycles. The summed E-state index contributed by atoms with van der Waals surface area (Å²) >= 11 is 9.27. The van der Waals surface area contributed by atoms with Crippen molar-refractivity contribution in [3.8, 4) is 0 Å². The number of carbonyl (C=O) groups is 1. The second-order valence-electron chi connectivity index (χ2n) is 4.31. The average molecular weight is 370 g/mol. The highest BCUT2D eigenvalue weighted by Crippen LogP contribution is 2.25. The van der Waals surface area contributed by atoms with Crippen molar-refractivity contribution in [2.75, 3.05) is 17.2 Å². The molecule has 0 spiro atoms. The molecule has 110 valence electrons. The number of halogens is 2. The van der Waals surface area contributed by atoms with Gasteiger partial charge in [0.05, 0.1) is 5.02 Å². The molecule has 1 aromatic heterocycles. The highest BCUT2D eigenvalue weighted by atomic mass is 79.9. The van der Waals surface area contributed by atoms with Crippen molar-refractivity contribution in [3.05, 3.63) is 45.5 Å². The van der Waals surface area contributed by atoms with Crippen molar-refractivity contribution in [1.29, 1.82) is 0 Å². The monoisotopic (exact) mass is 368 g/mol. The zero-order valence-electron chi connectivity index (χ0n) is 11.4. The van der Waals surface area contributed by atoms with Crippen LogP contribution in [-0.4, -0.2) is 22.6 Å². The maximum Gasteiger partial charge on any atom is 0.276 e. The van der Waals surface area contributed by atoms with E-state index in [9.17, 15) is 4.79 Å². The minimum atomic E-state index is -0.331. The minimum Gasteiger partial charge on any atom is -0.369 e. The molecule has 2 aromatic rings. The van der Waals surface area contributed by atoms with Crippen LogP contribution in [0.4, 0.5) is 11.5 Å². The molecule has 7 heteroatoms. The van der Waals surface area contributed by atoms with Gasteiger partial charge in [0.25, 0.3) is 5.91 Å². The van der Waals surface area contributed by atoms with E-state index in [-0.39, 0.29) is 11.6 Å². The van der Waals surface area contributed by atoms with E-state index in [0.29, 0.717) is 16.5 Å². The van der Waals surface area contributed by atoms with Gasteiger partial charge in [0.2, 0.25) is 0 Å². The van der Waals surface area contributed by atoms with E-state index in [1.54, 1.807) is 30.3 Å². The quantitative estimate of drug-likeness (QED) is 0.837. The van der Waals surface area contributed by atoms with Gasteiger partial charge in [-0.3, -0.25) is 4.79 Å². The van der Waals surface area contributed by atoms with E-state index < -0.39 is 0 Å². The smallest absolute Gasteiger partial charge is 0.276 e. The number of nitrogens with zero attached hydrogens (tertiary/aromatic N) is 2. The molecular weight excluding hydrogens is 356 g/mol. The van der Waals surface area contributed by atoms with Crippen LogP contribution >= 0.6 is 27.5 Å². The fourth-order valence-corrected chi connectivity index (χ4v) is 2.00. The third kappa shape index (κ3) is 4.41. The van der Waals surface area contributed by atoms with Crippen LogP contribution in [0.1, 0.15) is 23.8 Å². The fourth-order valence-electron chi connectivity index (χ4n) is 1.57. The summed E-state index contributed by atoms with van der Waals surface area (Å²) in [6.45, 7) is 2.88. The summed E-state index contributed by atoms with van der Waals surface area (Å²) in [4.78, 5) is 12.0. The number of amides is 1. The van der Waals surface area contributed by atoms with E-state index in [0.717, 1.165) is 17.4 Å². The zero-order valence-corrected chi connectivity index (χ0v) is 13.7. The molecule has 0 fully saturated rings. The van der Waals surface area contributed by atoms with Crippen LogP contribution in [0.2, 0.25) is 5.02 Å². The van der Waals surface area contributed by atoms with E-state index in [1.165, 1.54) is 0 Å². The SMILES string of the molecule is CCCNc1ccc(C(=O)Nc2ccc(Br)c(Cl)c2)nn1. The van der Waals surface area contributed by atoms with E-state index in [4.69, 9.17) is 11.6 Å². The molecular formula is C14H14BrClN4O. The van der Waals surface area contributed by atoms with Crippen molar-refractivity contribution in [3.63, 3.8) is 0 Å². The Labute approximate surface area is 136 Å². The largest absolute Gasteiger partial charge is 0.369 e. The molecule has 5 nitrogen and oxygen atoms in total. The molecule has 1 aromatic carbocycles. The molecule has 0 bridgehead atoms. The van der Waals surface area contributed by atoms with Crippen LogP contribution in [0.3, 0.4) is 0 Å². The third-order valence-corrected chi connectivity index (χ3v) is 3.86. The first kappa shape index (κ1) is 15.7. The summed E-state index contributed by atoms with van der Waals surface area (Å²) in [5.74, 6) is 0.322. The standard InChI is InChI=1S/C14H14BrClN4O/c1-2-7-17-13-6-5-12(19-20-13)14(21)18-9-3-4-10(15)11(16)8-9/h3-6,8H,2,7H2,1H3,(H,17,20)(H,18,21). The number of nitrogens with one attached hydrogen (secondary N) is 2. The molecule has 1 heterocycles. The summed E-state index contributed by atoms with van der Waals surface area (Å²) in [5.41, 5.74) is 0.847. The average Bonchev–Trinajstić information content (AvgIpc) is 2.49. The number of hydrogen-bond acceptors (Lipinski definition) is 4. The molecule has 0 atom stereocenters. The van der Waals surface area contributed by atoms with Gasteiger partial charge in [-0.1, -0.05) is 18.5 Å². The Balaban J connectivity index is 2.04. The van der Waals surface area contributed by atoms with Crippen molar-refractivity contribution in [1.82, 2.24) is 10.2 Å². The zero-order chi connectivity index (χ0) is 15.2. The normalized spacial score (nSPS) is 10.2. The van der Waals surface area contributed by atoms with Crippen molar-refractivity contribution in [2.45, 2.75) is 13.3 Å². The summed E-state index contributed by atoms with van der Waals surface area (Å²) in [6, 6.07) is 8.53. The molecule has 0 unspecified atom stereocenters. The van der Waals surface area contributed by atoms with Gasteiger partial charge < -0.3 is 10.6 Å². The fraction of sp³-hybridized carbons (Fsp3) is 0.214. The molecule has 0 radical (unpaired) electrons. The number of rotatable bonds is 5.